The van der Waals surface area contributed by atoms with Gasteiger partial charge in [0.25, 0.3) is 0 Å². The summed E-state index contributed by atoms with van der Waals surface area (Å²) in [6, 6.07) is 0. The molecule has 0 amide bonds. The SMILES string of the molecule is OCC(O)Cn1cc2c(c1)C(O)CCCC2. The summed E-state index contributed by atoms with van der Waals surface area (Å²) < 4.78 is 1.86. The number of aromatic nitrogens is 1. The van der Waals surface area contributed by atoms with Crippen LogP contribution in [-0.2, 0) is 13.0 Å². The fraction of sp³-hybridized carbons (Fsp3) is 0.667. The Kier molecular flexibility index (Phi) is 3.63. The summed E-state index contributed by atoms with van der Waals surface area (Å²) in [6.07, 6.45) is 6.76. The average Bonchev–Trinajstić information content (AvgIpc) is 2.59. The van der Waals surface area contributed by atoms with E-state index < -0.39 is 6.10 Å². The van der Waals surface area contributed by atoms with Gasteiger partial charge in [-0.3, -0.25) is 0 Å². The van der Waals surface area contributed by atoms with Crippen molar-refractivity contribution in [3.63, 3.8) is 0 Å². The third-order valence-corrected chi connectivity index (χ3v) is 3.16. The van der Waals surface area contributed by atoms with Crippen molar-refractivity contribution in [2.24, 2.45) is 0 Å². The number of aliphatic hydroxyl groups is 3. The van der Waals surface area contributed by atoms with Crippen LogP contribution in [0.3, 0.4) is 0 Å². The van der Waals surface area contributed by atoms with Gasteiger partial charge in [-0.15, -0.1) is 0 Å². The van der Waals surface area contributed by atoms with Gasteiger partial charge in [0.05, 0.1) is 25.4 Å². The molecule has 1 aromatic heterocycles. The predicted octanol–water partition coefficient (Wildman–Crippen LogP) is 0.601. The number of nitrogens with zero attached hydrogens (tertiary/aromatic N) is 1. The highest BCUT2D eigenvalue weighted by Gasteiger charge is 2.18. The van der Waals surface area contributed by atoms with Gasteiger partial charge in [0, 0.05) is 18.0 Å². The van der Waals surface area contributed by atoms with E-state index in [9.17, 15) is 10.2 Å². The van der Waals surface area contributed by atoms with E-state index in [0.29, 0.717) is 6.54 Å². The predicted molar refractivity (Wildman–Crippen MR) is 60.0 cm³/mol. The molecular weight excluding hydrogens is 206 g/mol. The molecule has 0 bridgehead atoms. The molecule has 0 spiro atoms. The lowest BCUT2D eigenvalue weighted by atomic mass is 10.1. The van der Waals surface area contributed by atoms with Crippen LogP contribution in [0, 0.1) is 0 Å². The summed E-state index contributed by atoms with van der Waals surface area (Å²) in [5, 5.41) is 28.1. The summed E-state index contributed by atoms with van der Waals surface area (Å²) in [7, 11) is 0. The third kappa shape index (κ3) is 2.45. The zero-order valence-electron chi connectivity index (χ0n) is 9.34. The van der Waals surface area contributed by atoms with Crippen molar-refractivity contribution in [1.29, 1.82) is 0 Å². The van der Waals surface area contributed by atoms with Gasteiger partial charge < -0.3 is 19.9 Å². The van der Waals surface area contributed by atoms with Crippen LogP contribution in [-0.4, -0.2) is 32.6 Å². The highest BCUT2D eigenvalue weighted by Crippen LogP contribution is 2.29. The molecule has 0 saturated heterocycles. The van der Waals surface area contributed by atoms with Gasteiger partial charge in [-0.1, -0.05) is 6.42 Å². The van der Waals surface area contributed by atoms with Gasteiger partial charge in [0.1, 0.15) is 0 Å². The number of rotatable bonds is 3. The summed E-state index contributed by atoms with van der Waals surface area (Å²) in [4.78, 5) is 0. The first-order valence-electron chi connectivity index (χ1n) is 5.86. The van der Waals surface area contributed by atoms with Crippen LogP contribution in [0.25, 0.3) is 0 Å². The lowest BCUT2D eigenvalue weighted by Gasteiger charge is -2.09. The molecule has 2 unspecified atom stereocenters. The standard InChI is InChI=1S/C12H19NO3/c14-8-10(15)6-13-5-9-3-1-2-4-12(16)11(9)7-13/h5,7,10,12,14-16H,1-4,6,8H2. The molecule has 2 rings (SSSR count). The Morgan fingerprint density at radius 2 is 2.19 bits per heavy atom. The normalized spacial score (nSPS) is 22.6. The fourth-order valence-corrected chi connectivity index (χ4v) is 2.30. The van der Waals surface area contributed by atoms with Crippen molar-refractivity contribution in [3.05, 3.63) is 23.5 Å². The lowest BCUT2D eigenvalue weighted by molar-refractivity contribution is 0.0811. The van der Waals surface area contributed by atoms with Crippen LogP contribution >= 0.6 is 0 Å². The second kappa shape index (κ2) is 4.99. The van der Waals surface area contributed by atoms with Crippen LogP contribution < -0.4 is 0 Å². The van der Waals surface area contributed by atoms with Crippen LogP contribution in [0.5, 0.6) is 0 Å². The molecule has 4 heteroatoms. The first kappa shape index (κ1) is 11.6. The van der Waals surface area contributed by atoms with Gasteiger partial charge in [-0.05, 0) is 24.8 Å². The molecular formula is C12H19NO3. The maximum absolute atomic E-state index is 9.92. The van der Waals surface area contributed by atoms with E-state index in [1.807, 2.05) is 17.0 Å². The number of aryl methyl sites for hydroxylation is 1. The molecule has 0 fully saturated rings. The molecule has 2 atom stereocenters. The van der Waals surface area contributed by atoms with E-state index in [0.717, 1.165) is 31.2 Å². The van der Waals surface area contributed by atoms with Crippen molar-refractivity contribution in [1.82, 2.24) is 4.57 Å². The maximum atomic E-state index is 9.92. The van der Waals surface area contributed by atoms with Crippen LogP contribution in [0.4, 0.5) is 0 Å². The Hall–Kier alpha value is -0.840. The van der Waals surface area contributed by atoms with Gasteiger partial charge >= 0.3 is 0 Å². The summed E-state index contributed by atoms with van der Waals surface area (Å²) in [6.45, 7) is 0.154. The smallest absolute Gasteiger partial charge is 0.0949 e. The molecule has 0 aliphatic heterocycles. The van der Waals surface area contributed by atoms with Crippen molar-refractivity contribution >= 4 is 0 Å². The Morgan fingerprint density at radius 1 is 1.38 bits per heavy atom. The number of aliphatic hydroxyl groups excluding tert-OH is 3. The van der Waals surface area contributed by atoms with Crippen LogP contribution in [0.15, 0.2) is 12.4 Å². The molecule has 1 aromatic rings. The summed E-state index contributed by atoms with van der Waals surface area (Å²) in [5.41, 5.74) is 2.16. The first-order chi connectivity index (χ1) is 7.70. The minimum atomic E-state index is -0.729. The molecule has 1 aliphatic carbocycles. The molecule has 0 aromatic carbocycles. The summed E-state index contributed by atoms with van der Waals surface area (Å²) in [5.74, 6) is 0. The van der Waals surface area contributed by atoms with E-state index in [1.54, 1.807) is 0 Å². The highest BCUT2D eigenvalue weighted by atomic mass is 16.3. The third-order valence-electron chi connectivity index (χ3n) is 3.16. The molecule has 90 valence electrons. The maximum Gasteiger partial charge on any atom is 0.0949 e. The molecule has 1 heterocycles. The second-order valence-corrected chi connectivity index (χ2v) is 4.53. The number of hydrogen-bond donors (Lipinski definition) is 3. The fourth-order valence-electron chi connectivity index (χ4n) is 2.30. The molecule has 3 N–H and O–H groups in total. The highest BCUT2D eigenvalue weighted by molar-refractivity contribution is 5.28. The average molecular weight is 225 g/mol. The molecule has 16 heavy (non-hydrogen) atoms. The van der Waals surface area contributed by atoms with Crippen molar-refractivity contribution in [2.75, 3.05) is 6.61 Å². The second-order valence-electron chi connectivity index (χ2n) is 4.53. The van der Waals surface area contributed by atoms with Gasteiger partial charge in [-0.2, -0.15) is 0 Å². The Labute approximate surface area is 95.1 Å². The van der Waals surface area contributed by atoms with Crippen LogP contribution in [0.2, 0.25) is 0 Å². The first-order valence-corrected chi connectivity index (χ1v) is 5.86. The zero-order chi connectivity index (χ0) is 11.5. The minimum absolute atomic E-state index is 0.231. The minimum Gasteiger partial charge on any atom is -0.394 e. The Bertz CT molecular complexity index is 348. The van der Waals surface area contributed by atoms with Crippen LogP contribution in [0.1, 0.15) is 36.5 Å². The topological polar surface area (TPSA) is 65.6 Å². The molecule has 1 aliphatic rings. The van der Waals surface area contributed by atoms with E-state index in [4.69, 9.17) is 5.11 Å². The number of hydrogen-bond acceptors (Lipinski definition) is 3. The van der Waals surface area contributed by atoms with E-state index in [1.165, 1.54) is 5.56 Å². The largest absolute Gasteiger partial charge is 0.394 e. The quantitative estimate of drug-likeness (QED) is 0.660. The number of fused-ring (bicyclic) bond motifs is 1. The Balaban J connectivity index is 2.15. The zero-order valence-corrected chi connectivity index (χ0v) is 9.34. The monoisotopic (exact) mass is 225 g/mol. The van der Waals surface area contributed by atoms with E-state index >= 15 is 0 Å². The molecule has 0 saturated carbocycles. The van der Waals surface area contributed by atoms with E-state index in [-0.39, 0.29) is 12.7 Å². The van der Waals surface area contributed by atoms with Gasteiger partial charge in [-0.25, -0.2) is 0 Å². The van der Waals surface area contributed by atoms with E-state index in [2.05, 4.69) is 0 Å². The van der Waals surface area contributed by atoms with Crippen molar-refractivity contribution < 1.29 is 15.3 Å². The van der Waals surface area contributed by atoms with Gasteiger partial charge in [0.2, 0.25) is 0 Å². The molecule has 0 radical (unpaired) electrons. The molecule has 4 nitrogen and oxygen atoms in total. The lowest BCUT2D eigenvalue weighted by Crippen LogP contribution is -2.18. The summed E-state index contributed by atoms with van der Waals surface area (Å²) >= 11 is 0. The van der Waals surface area contributed by atoms with Gasteiger partial charge in [0.15, 0.2) is 0 Å². The van der Waals surface area contributed by atoms with Crippen molar-refractivity contribution in [3.8, 4) is 0 Å². The Morgan fingerprint density at radius 3 is 2.94 bits per heavy atom. The van der Waals surface area contributed by atoms with Crippen molar-refractivity contribution in [2.45, 2.75) is 44.4 Å².